The molecule has 0 amide bonds. The number of aromatic nitrogens is 3. The molecule has 0 bridgehead atoms. The van der Waals surface area contributed by atoms with Crippen LogP contribution < -0.4 is 0 Å². The van der Waals surface area contributed by atoms with Crippen molar-refractivity contribution in [3.63, 3.8) is 0 Å². The van der Waals surface area contributed by atoms with Crippen molar-refractivity contribution in [1.82, 2.24) is 15.1 Å². The summed E-state index contributed by atoms with van der Waals surface area (Å²) in [5.74, 6) is 0.579. The average Bonchev–Trinajstić information content (AvgIpc) is 2.77. The highest BCUT2D eigenvalue weighted by molar-refractivity contribution is 6.35. The Morgan fingerprint density at radius 3 is 2.89 bits per heavy atom. The van der Waals surface area contributed by atoms with Gasteiger partial charge in [0, 0.05) is 12.6 Å². The quantitative estimate of drug-likeness (QED) is 0.847. The van der Waals surface area contributed by atoms with Crippen molar-refractivity contribution < 1.29 is 9.32 Å². The first kappa shape index (κ1) is 14.0. The molecule has 0 spiro atoms. The summed E-state index contributed by atoms with van der Waals surface area (Å²) in [7, 11) is 0. The van der Waals surface area contributed by atoms with Crippen molar-refractivity contribution in [2.75, 3.05) is 0 Å². The Hall–Kier alpha value is -1.46. The molecule has 0 aliphatic rings. The Kier molecular flexibility index (Phi) is 4.50. The van der Waals surface area contributed by atoms with E-state index in [1.807, 2.05) is 6.92 Å². The van der Waals surface area contributed by atoms with E-state index in [1.165, 1.54) is 6.20 Å². The molecule has 0 fully saturated rings. The van der Waals surface area contributed by atoms with Crippen LogP contribution >= 0.6 is 23.2 Å². The van der Waals surface area contributed by atoms with Crippen LogP contribution in [0.5, 0.6) is 0 Å². The van der Waals surface area contributed by atoms with Crippen LogP contribution in [0.15, 0.2) is 16.8 Å². The number of pyridine rings is 1. The van der Waals surface area contributed by atoms with E-state index >= 15 is 0 Å². The van der Waals surface area contributed by atoms with Crippen LogP contribution in [-0.4, -0.2) is 20.9 Å². The molecule has 0 saturated heterocycles. The molecule has 0 N–H and O–H groups in total. The van der Waals surface area contributed by atoms with E-state index in [0.29, 0.717) is 22.2 Å². The third-order valence-electron chi connectivity index (χ3n) is 2.36. The second-order valence-electron chi connectivity index (χ2n) is 3.96. The van der Waals surface area contributed by atoms with E-state index in [1.54, 1.807) is 6.07 Å². The van der Waals surface area contributed by atoms with Crippen LogP contribution in [0.4, 0.5) is 0 Å². The van der Waals surface area contributed by atoms with E-state index in [2.05, 4.69) is 15.1 Å². The lowest BCUT2D eigenvalue weighted by atomic mass is 10.2. The first-order valence-corrected chi connectivity index (χ1v) is 6.51. The van der Waals surface area contributed by atoms with Gasteiger partial charge in [-0.05, 0) is 12.5 Å². The zero-order valence-electron chi connectivity index (χ0n) is 10.2. The average molecular weight is 300 g/mol. The van der Waals surface area contributed by atoms with E-state index < -0.39 is 0 Å². The number of Topliss-reactive ketones (excluding diaryl/α,β-unsaturated/α-hetero) is 1. The van der Waals surface area contributed by atoms with Crippen molar-refractivity contribution in [2.45, 2.75) is 26.2 Å². The minimum absolute atomic E-state index is 0.0628. The Morgan fingerprint density at radius 2 is 2.21 bits per heavy atom. The van der Waals surface area contributed by atoms with Crippen LogP contribution in [0.2, 0.25) is 10.0 Å². The molecule has 0 aromatic carbocycles. The molecule has 7 heteroatoms. The van der Waals surface area contributed by atoms with Gasteiger partial charge in [0.15, 0.2) is 0 Å². The number of nitrogens with zero attached hydrogens (tertiary/aromatic N) is 3. The van der Waals surface area contributed by atoms with E-state index in [0.717, 1.165) is 6.42 Å². The minimum atomic E-state index is 0.0628. The SMILES string of the molecule is CCCC(=O)Cc1nc(-c2ncc(Cl)cc2Cl)no1. The Balaban J connectivity index is 2.18. The lowest BCUT2D eigenvalue weighted by Crippen LogP contribution is -2.01. The minimum Gasteiger partial charge on any atom is -0.338 e. The van der Waals surface area contributed by atoms with Gasteiger partial charge in [-0.3, -0.25) is 4.79 Å². The zero-order valence-corrected chi connectivity index (χ0v) is 11.7. The van der Waals surface area contributed by atoms with Crippen molar-refractivity contribution in [3.8, 4) is 11.5 Å². The fourth-order valence-corrected chi connectivity index (χ4v) is 2.00. The maximum absolute atomic E-state index is 11.5. The van der Waals surface area contributed by atoms with Crippen molar-refractivity contribution in [1.29, 1.82) is 0 Å². The summed E-state index contributed by atoms with van der Waals surface area (Å²) in [5, 5.41) is 4.52. The Morgan fingerprint density at radius 1 is 1.42 bits per heavy atom. The third kappa shape index (κ3) is 3.52. The second kappa shape index (κ2) is 6.12. The number of ketones is 1. The monoisotopic (exact) mass is 299 g/mol. The molecule has 0 saturated carbocycles. The summed E-state index contributed by atoms with van der Waals surface area (Å²) in [6.45, 7) is 1.94. The number of carbonyl (C=O) groups is 1. The maximum atomic E-state index is 11.5. The molecule has 5 nitrogen and oxygen atoms in total. The van der Waals surface area contributed by atoms with Gasteiger partial charge in [0.2, 0.25) is 11.7 Å². The molecule has 0 aliphatic carbocycles. The predicted molar refractivity (Wildman–Crippen MR) is 71.2 cm³/mol. The summed E-state index contributed by atoms with van der Waals surface area (Å²) in [5.41, 5.74) is 0.379. The number of carbonyl (C=O) groups excluding carboxylic acids is 1. The van der Waals surface area contributed by atoms with Crippen molar-refractivity contribution in [2.24, 2.45) is 0 Å². The van der Waals surface area contributed by atoms with Gasteiger partial charge in [0.25, 0.3) is 0 Å². The third-order valence-corrected chi connectivity index (χ3v) is 2.86. The maximum Gasteiger partial charge on any atom is 0.234 e. The molecule has 0 radical (unpaired) electrons. The highest BCUT2D eigenvalue weighted by Crippen LogP contribution is 2.25. The number of hydrogen-bond donors (Lipinski definition) is 0. The molecular weight excluding hydrogens is 289 g/mol. The van der Waals surface area contributed by atoms with Crippen molar-refractivity contribution >= 4 is 29.0 Å². The summed E-state index contributed by atoms with van der Waals surface area (Å²) < 4.78 is 5.01. The fraction of sp³-hybridized carbons (Fsp3) is 0.333. The van der Waals surface area contributed by atoms with Crippen LogP contribution in [0.25, 0.3) is 11.5 Å². The van der Waals surface area contributed by atoms with E-state index in [4.69, 9.17) is 27.7 Å². The van der Waals surface area contributed by atoms with Gasteiger partial charge in [-0.2, -0.15) is 4.98 Å². The van der Waals surface area contributed by atoms with E-state index in [-0.39, 0.29) is 23.9 Å². The van der Waals surface area contributed by atoms with Crippen molar-refractivity contribution in [3.05, 3.63) is 28.2 Å². The van der Waals surface area contributed by atoms with Gasteiger partial charge in [0.1, 0.15) is 11.5 Å². The molecule has 0 unspecified atom stereocenters. The molecule has 19 heavy (non-hydrogen) atoms. The normalized spacial score (nSPS) is 10.7. The molecule has 2 aromatic rings. The summed E-state index contributed by atoms with van der Waals surface area (Å²) >= 11 is 11.8. The number of hydrogen-bond acceptors (Lipinski definition) is 5. The summed E-state index contributed by atoms with van der Waals surface area (Å²) in [6, 6.07) is 1.55. The molecule has 2 rings (SSSR count). The molecule has 2 aromatic heterocycles. The topological polar surface area (TPSA) is 68.9 Å². The standard InChI is InChI=1S/C12H11Cl2N3O2/c1-2-3-8(18)5-10-16-12(17-19-10)11-9(14)4-7(13)6-15-11/h4,6H,2-3,5H2,1H3. The fourth-order valence-electron chi connectivity index (χ4n) is 1.54. The lowest BCUT2D eigenvalue weighted by molar-refractivity contribution is -0.118. The summed E-state index contributed by atoms with van der Waals surface area (Å²) in [6.07, 6.45) is 2.87. The molecule has 0 atom stereocenters. The molecule has 0 aliphatic heterocycles. The molecule has 2 heterocycles. The second-order valence-corrected chi connectivity index (χ2v) is 4.80. The first-order chi connectivity index (χ1) is 9.10. The molecular formula is C12H11Cl2N3O2. The van der Waals surface area contributed by atoms with Gasteiger partial charge in [0.05, 0.1) is 16.5 Å². The van der Waals surface area contributed by atoms with Crippen LogP contribution in [-0.2, 0) is 11.2 Å². The van der Waals surface area contributed by atoms with Gasteiger partial charge in [-0.1, -0.05) is 35.3 Å². The van der Waals surface area contributed by atoms with Gasteiger partial charge >= 0.3 is 0 Å². The zero-order chi connectivity index (χ0) is 13.8. The Bertz CT molecular complexity index is 598. The molecule has 100 valence electrons. The van der Waals surface area contributed by atoms with E-state index in [9.17, 15) is 4.79 Å². The lowest BCUT2D eigenvalue weighted by Gasteiger charge is -1.97. The highest BCUT2D eigenvalue weighted by Gasteiger charge is 2.15. The first-order valence-electron chi connectivity index (χ1n) is 5.76. The predicted octanol–water partition coefficient (Wildman–Crippen LogP) is 3.35. The Labute approximate surface area is 119 Å². The number of halogens is 2. The highest BCUT2D eigenvalue weighted by atomic mass is 35.5. The smallest absolute Gasteiger partial charge is 0.234 e. The van der Waals surface area contributed by atoms with Crippen LogP contribution in [0, 0.1) is 0 Å². The number of rotatable bonds is 5. The van der Waals surface area contributed by atoms with Gasteiger partial charge < -0.3 is 4.52 Å². The van der Waals surface area contributed by atoms with Crippen LogP contribution in [0.1, 0.15) is 25.7 Å². The summed E-state index contributed by atoms with van der Waals surface area (Å²) in [4.78, 5) is 19.6. The van der Waals surface area contributed by atoms with Crippen LogP contribution in [0.3, 0.4) is 0 Å². The largest absolute Gasteiger partial charge is 0.338 e. The van der Waals surface area contributed by atoms with Gasteiger partial charge in [-0.15, -0.1) is 0 Å². The van der Waals surface area contributed by atoms with Gasteiger partial charge in [-0.25, -0.2) is 4.98 Å².